The summed E-state index contributed by atoms with van der Waals surface area (Å²) in [5.74, 6) is 0.370. The van der Waals surface area contributed by atoms with Crippen LogP contribution in [0, 0.1) is 0 Å². The lowest BCUT2D eigenvalue weighted by atomic mass is 10.1. The van der Waals surface area contributed by atoms with E-state index in [1.807, 2.05) is 0 Å². The van der Waals surface area contributed by atoms with Gasteiger partial charge in [-0.25, -0.2) is 0 Å². The number of ketones is 1. The molecule has 2 rings (SSSR count). The number of ether oxygens (including phenoxy) is 1. The average molecular weight is 296 g/mol. The number of hydrogen-bond acceptors (Lipinski definition) is 3. The first kappa shape index (κ1) is 13.7. The van der Waals surface area contributed by atoms with Gasteiger partial charge in [0.05, 0.1) is 10.0 Å². The molecule has 0 saturated heterocycles. The molecule has 2 aromatic rings. The van der Waals surface area contributed by atoms with Crippen LogP contribution in [0.15, 0.2) is 42.5 Å². The number of anilines is 1. The van der Waals surface area contributed by atoms with E-state index in [9.17, 15) is 4.79 Å². The number of nitrogens with two attached hydrogens (primary N) is 1. The SMILES string of the molecule is Nc1cccc(OCC(=O)c2ccc(Cl)c(Cl)c2)c1. The van der Waals surface area contributed by atoms with Crippen LogP contribution in [0.2, 0.25) is 10.0 Å². The second kappa shape index (κ2) is 5.95. The van der Waals surface area contributed by atoms with Crippen molar-refractivity contribution in [2.24, 2.45) is 0 Å². The van der Waals surface area contributed by atoms with Crippen molar-refractivity contribution in [3.05, 3.63) is 58.1 Å². The van der Waals surface area contributed by atoms with Crippen LogP contribution in [-0.2, 0) is 0 Å². The molecule has 0 bridgehead atoms. The molecular weight excluding hydrogens is 285 g/mol. The quantitative estimate of drug-likeness (QED) is 0.689. The van der Waals surface area contributed by atoms with Gasteiger partial charge in [0.2, 0.25) is 0 Å². The van der Waals surface area contributed by atoms with Crippen LogP contribution in [0.1, 0.15) is 10.4 Å². The minimum absolute atomic E-state index is 0.0819. The maximum atomic E-state index is 11.9. The molecule has 0 aliphatic rings. The molecule has 0 aliphatic heterocycles. The summed E-state index contributed by atoms with van der Waals surface area (Å²) in [6, 6.07) is 11.6. The number of benzene rings is 2. The normalized spacial score (nSPS) is 10.2. The van der Waals surface area contributed by atoms with Crippen molar-refractivity contribution in [1.29, 1.82) is 0 Å². The minimum atomic E-state index is -0.180. The van der Waals surface area contributed by atoms with Gasteiger partial charge in [0.15, 0.2) is 12.4 Å². The van der Waals surface area contributed by atoms with Crippen molar-refractivity contribution >= 4 is 34.7 Å². The monoisotopic (exact) mass is 295 g/mol. The van der Waals surface area contributed by atoms with E-state index in [1.165, 1.54) is 6.07 Å². The molecule has 0 spiro atoms. The lowest BCUT2D eigenvalue weighted by Crippen LogP contribution is -2.11. The molecule has 0 heterocycles. The van der Waals surface area contributed by atoms with Crippen LogP contribution in [0.5, 0.6) is 5.75 Å². The van der Waals surface area contributed by atoms with Crippen molar-refractivity contribution in [2.45, 2.75) is 0 Å². The molecule has 0 saturated carbocycles. The Morgan fingerprint density at radius 3 is 2.58 bits per heavy atom. The number of nitrogen functional groups attached to an aromatic ring is 1. The topological polar surface area (TPSA) is 52.3 Å². The van der Waals surface area contributed by atoms with E-state index in [0.29, 0.717) is 27.0 Å². The zero-order valence-electron chi connectivity index (χ0n) is 9.90. The molecule has 0 aliphatic carbocycles. The highest BCUT2D eigenvalue weighted by Crippen LogP contribution is 2.23. The number of carbonyl (C=O) groups is 1. The first-order chi connectivity index (χ1) is 9.06. The lowest BCUT2D eigenvalue weighted by Gasteiger charge is -2.06. The third kappa shape index (κ3) is 3.63. The van der Waals surface area contributed by atoms with Gasteiger partial charge < -0.3 is 10.5 Å². The zero-order valence-corrected chi connectivity index (χ0v) is 11.4. The largest absolute Gasteiger partial charge is 0.485 e. The van der Waals surface area contributed by atoms with Gasteiger partial charge in [-0.15, -0.1) is 0 Å². The maximum Gasteiger partial charge on any atom is 0.200 e. The molecule has 0 unspecified atom stereocenters. The molecule has 0 aromatic heterocycles. The summed E-state index contributed by atoms with van der Waals surface area (Å²) in [4.78, 5) is 11.9. The Labute approximate surface area is 120 Å². The van der Waals surface area contributed by atoms with E-state index in [4.69, 9.17) is 33.7 Å². The average Bonchev–Trinajstić information content (AvgIpc) is 2.39. The Bertz CT molecular complexity index is 614. The molecular formula is C14H11Cl2NO2. The molecule has 0 fully saturated rings. The molecule has 0 radical (unpaired) electrons. The van der Waals surface area contributed by atoms with Crippen molar-refractivity contribution < 1.29 is 9.53 Å². The number of hydrogen-bond donors (Lipinski definition) is 1. The second-order valence-corrected chi connectivity index (χ2v) is 4.73. The summed E-state index contributed by atoms with van der Waals surface area (Å²) in [6.45, 7) is -0.0819. The number of carbonyl (C=O) groups excluding carboxylic acids is 1. The summed E-state index contributed by atoms with van der Waals surface area (Å²) in [7, 11) is 0. The van der Waals surface area contributed by atoms with Gasteiger partial charge in [-0.3, -0.25) is 4.79 Å². The van der Waals surface area contributed by atoms with E-state index >= 15 is 0 Å². The Morgan fingerprint density at radius 1 is 1.11 bits per heavy atom. The van der Waals surface area contributed by atoms with Crippen LogP contribution in [0.4, 0.5) is 5.69 Å². The molecule has 98 valence electrons. The van der Waals surface area contributed by atoms with Gasteiger partial charge in [0.25, 0.3) is 0 Å². The van der Waals surface area contributed by atoms with Crippen molar-refractivity contribution in [1.82, 2.24) is 0 Å². The summed E-state index contributed by atoms with van der Waals surface area (Å²) < 4.78 is 5.37. The Balaban J connectivity index is 2.03. The summed E-state index contributed by atoms with van der Waals surface area (Å²) in [6.07, 6.45) is 0. The standard InChI is InChI=1S/C14H11Cl2NO2/c15-12-5-4-9(6-13(12)16)14(18)8-19-11-3-1-2-10(17)7-11/h1-7H,8,17H2. The molecule has 3 nitrogen and oxygen atoms in total. The molecule has 2 N–H and O–H groups in total. The molecule has 5 heteroatoms. The highest BCUT2D eigenvalue weighted by molar-refractivity contribution is 6.42. The van der Waals surface area contributed by atoms with Crippen LogP contribution in [0.3, 0.4) is 0 Å². The van der Waals surface area contributed by atoms with Crippen molar-refractivity contribution in [2.75, 3.05) is 12.3 Å². The first-order valence-corrected chi connectivity index (χ1v) is 6.28. The number of rotatable bonds is 4. The van der Waals surface area contributed by atoms with Crippen LogP contribution in [-0.4, -0.2) is 12.4 Å². The van der Waals surface area contributed by atoms with E-state index in [1.54, 1.807) is 36.4 Å². The van der Waals surface area contributed by atoms with Gasteiger partial charge in [-0.2, -0.15) is 0 Å². The van der Waals surface area contributed by atoms with E-state index < -0.39 is 0 Å². The highest BCUT2D eigenvalue weighted by Gasteiger charge is 2.09. The smallest absolute Gasteiger partial charge is 0.200 e. The van der Waals surface area contributed by atoms with Gasteiger partial charge in [-0.1, -0.05) is 29.3 Å². The number of Topliss-reactive ketones (excluding diaryl/α,β-unsaturated/α-hetero) is 1. The van der Waals surface area contributed by atoms with Gasteiger partial charge in [0.1, 0.15) is 5.75 Å². The van der Waals surface area contributed by atoms with Crippen molar-refractivity contribution in [3.8, 4) is 5.75 Å². The van der Waals surface area contributed by atoms with E-state index in [0.717, 1.165) is 0 Å². The first-order valence-electron chi connectivity index (χ1n) is 5.53. The lowest BCUT2D eigenvalue weighted by molar-refractivity contribution is 0.0921. The fourth-order valence-corrected chi connectivity index (χ4v) is 1.80. The molecule has 0 atom stereocenters. The summed E-state index contributed by atoms with van der Waals surface area (Å²) >= 11 is 11.6. The van der Waals surface area contributed by atoms with E-state index in [-0.39, 0.29) is 12.4 Å². The summed E-state index contributed by atoms with van der Waals surface area (Å²) in [5, 5.41) is 0.756. The minimum Gasteiger partial charge on any atom is -0.485 e. The van der Waals surface area contributed by atoms with Crippen LogP contribution < -0.4 is 10.5 Å². The molecule has 2 aromatic carbocycles. The fraction of sp³-hybridized carbons (Fsp3) is 0.0714. The number of halogens is 2. The van der Waals surface area contributed by atoms with Gasteiger partial charge in [0, 0.05) is 17.3 Å². The predicted molar refractivity (Wildman–Crippen MR) is 77.1 cm³/mol. The Kier molecular flexibility index (Phi) is 4.30. The Morgan fingerprint density at radius 2 is 1.89 bits per heavy atom. The van der Waals surface area contributed by atoms with Crippen LogP contribution in [0.25, 0.3) is 0 Å². The summed E-state index contributed by atoms with van der Waals surface area (Å²) in [5.41, 5.74) is 6.66. The van der Waals surface area contributed by atoms with Gasteiger partial charge >= 0.3 is 0 Å². The maximum absolute atomic E-state index is 11.9. The highest BCUT2D eigenvalue weighted by atomic mass is 35.5. The fourth-order valence-electron chi connectivity index (χ4n) is 1.51. The molecule has 0 amide bonds. The Hall–Kier alpha value is -1.71. The third-order valence-corrected chi connectivity index (χ3v) is 3.21. The second-order valence-electron chi connectivity index (χ2n) is 3.91. The molecule has 19 heavy (non-hydrogen) atoms. The third-order valence-electron chi connectivity index (χ3n) is 2.47. The van der Waals surface area contributed by atoms with Crippen LogP contribution >= 0.6 is 23.2 Å². The van der Waals surface area contributed by atoms with Gasteiger partial charge in [-0.05, 0) is 30.3 Å². The predicted octanol–water partition coefficient (Wildman–Crippen LogP) is 3.84. The zero-order chi connectivity index (χ0) is 13.8. The van der Waals surface area contributed by atoms with E-state index in [2.05, 4.69) is 0 Å². The van der Waals surface area contributed by atoms with Crippen molar-refractivity contribution in [3.63, 3.8) is 0 Å².